The van der Waals surface area contributed by atoms with Crippen molar-refractivity contribution in [3.8, 4) is 0 Å². The quantitative estimate of drug-likeness (QED) is 0.616. The van der Waals surface area contributed by atoms with Crippen molar-refractivity contribution in [1.29, 1.82) is 0 Å². The minimum atomic E-state index is -3.17. The molecule has 0 spiro atoms. The zero-order valence-corrected chi connectivity index (χ0v) is 12.2. The van der Waals surface area contributed by atoms with E-state index >= 15 is 0 Å². The van der Waals surface area contributed by atoms with Crippen LogP contribution in [0.1, 0.15) is 35.6 Å². The molecule has 20 heavy (non-hydrogen) atoms. The SMILES string of the molecule is CS(=O)(=O)Cc1ccc(C(=O)OCC2CC=CCC2)o1. The van der Waals surface area contributed by atoms with Crippen molar-refractivity contribution in [2.24, 2.45) is 5.92 Å². The second-order valence-corrected chi connectivity index (χ2v) is 7.23. The normalized spacial score (nSPS) is 18.9. The van der Waals surface area contributed by atoms with E-state index in [-0.39, 0.29) is 17.3 Å². The van der Waals surface area contributed by atoms with E-state index in [0.29, 0.717) is 12.5 Å². The molecule has 5 nitrogen and oxygen atoms in total. The minimum absolute atomic E-state index is 0.0509. The van der Waals surface area contributed by atoms with Crippen molar-refractivity contribution >= 4 is 15.8 Å². The second-order valence-electron chi connectivity index (χ2n) is 5.08. The molecule has 0 aliphatic heterocycles. The highest BCUT2D eigenvalue weighted by Crippen LogP contribution is 2.19. The first-order chi connectivity index (χ1) is 9.44. The molecule has 1 atom stereocenters. The molecule has 1 unspecified atom stereocenters. The van der Waals surface area contributed by atoms with Gasteiger partial charge in [0.2, 0.25) is 5.76 Å². The molecule has 1 aromatic heterocycles. The summed E-state index contributed by atoms with van der Waals surface area (Å²) in [5, 5.41) is 0. The number of hydrogen-bond acceptors (Lipinski definition) is 5. The molecule has 110 valence electrons. The standard InChI is InChI=1S/C14H18O5S/c1-20(16,17)10-12-7-8-13(19-12)14(15)18-9-11-5-3-2-4-6-11/h2-3,7-8,11H,4-6,9-10H2,1H3. The van der Waals surface area contributed by atoms with Crippen LogP contribution in [0.3, 0.4) is 0 Å². The summed E-state index contributed by atoms with van der Waals surface area (Å²) in [6.07, 6.45) is 8.29. The summed E-state index contributed by atoms with van der Waals surface area (Å²) < 4.78 is 32.6. The maximum Gasteiger partial charge on any atom is 0.374 e. The number of ether oxygens (including phenoxy) is 1. The molecule has 1 aliphatic carbocycles. The fourth-order valence-electron chi connectivity index (χ4n) is 2.10. The summed E-state index contributed by atoms with van der Waals surface area (Å²) in [7, 11) is -3.17. The molecule has 1 aromatic rings. The Hall–Kier alpha value is -1.56. The van der Waals surface area contributed by atoms with E-state index in [1.54, 1.807) is 0 Å². The highest BCUT2D eigenvalue weighted by Gasteiger charge is 2.17. The molecule has 0 radical (unpaired) electrons. The highest BCUT2D eigenvalue weighted by atomic mass is 32.2. The average molecular weight is 298 g/mol. The lowest BCUT2D eigenvalue weighted by molar-refractivity contribution is 0.0395. The molecular formula is C14H18O5S. The van der Waals surface area contributed by atoms with Gasteiger partial charge in [0.05, 0.1) is 6.61 Å². The van der Waals surface area contributed by atoms with Crippen molar-refractivity contribution in [2.45, 2.75) is 25.0 Å². The van der Waals surface area contributed by atoms with Crippen LogP contribution in [0.15, 0.2) is 28.7 Å². The first kappa shape index (κ1) is 14.8. The van der Waals surface area contributed by atoms with Crippen LogP contribution in [0.5, 0.6) is 0 Å². The summed E-state index contributed by atoms with van der Waals surface area (Å²) in [6.45, 7) is 0.366. The van der Waals surface area contributed by atoms with Gasteiger partial charge in [-0.15, -0.1) is 0 Å². The number of esters is 1. The smallest absolute Gasteiger partial charge is 0.374 e. The monoisotopic (exact) mass is 298 g/mol. The van der Waals surface area contributed by atoms with E-state index < -0.39 is 15.8 Å². The lowest BCUT2D eigenvalue weighted by Crippen LogP contribution is -2.15. The topological polar surface area (TPSA) is 73.6 Å². The van der Waals surface area contributed by atoms with Crippen LogP contribution in [0.2, 0.25) is 0 Å². The van der Waals surface area contributed by atoms with Crippen LogP contribution in [0.4, 0.5) is 0 Å². The zero-order chi connectivity index (χ0) is 14.6. The van der Waals surface area contributed by atoms with Crippen molar-refractivity contribution in [3.63, 3.8) is 0 Å². The van der Waals surface area contributed by atoms with E-state index in [0.717, 1.165) is 25.5 Å². The van der Waals surface area contributed by atoms with Gasteiger partial charge >= 0.3 is 5.97 Å². The molecule has 0 saturated carbocycles. The third-order valence-electron chi connectivity index (χ3n) is 3.10. The van der Waals surface area contributed by atoms with Gasteiger partial charge in [0, 0.05) is 6.26 Å². The van der Waals surface area contributed by atoms with Gasteiger partial charge in [-0.3, -0.25) is 0 Å². The van der Waals surface area contributed by atoms with Crippen LogP contribution < -0.4 is 0 Å². The van der Waals surface area contributed by atoms with Crippen LogP contribution in [0, 0.1) is 5.92 Å². The van der Waals surface area contributed by atoms with E-state index in [1.165, 1.54) is 12.1 Å². The van der Waals surface area contributed by atoms with Gasteiger partial charge in [-0.1, -0.05) is 12.2 Å². The third-order valence-corrected chi connectivity index (χ3v) is 3.90. The van der Waals surface area contributed by atoms with Crippen LogP contribution in [0.25, 0.3) is 0 Å². The highest BCUT2D eigenvalue weighted by molar-refractivity contribution is 7.89. The molecule has 0 saturated heterocycles. The van der Waals surface area contributed by atoms with E-state index in [9.17, 15) is 13.2 Å². The summed E-state index contributed by atoms with van der Waals surface area (Å²) in [5.74, 6) is -0.1000. The lowest BCUT2D eigenvalue weighted by atomic mass is 9.95. The predicted molar refractivity (Wildman–Crippen MR) is 74.0 cm³/mol. The number of carbonyl (C=O) groups is 1. The van der Waals surface area contributed by atoms with Gasteiger partial charge < -0.3 is 9.15 Å². The van der Waals surface area contributed by atoms with Crippen molar-refractivity contribution in [2.75, 3.05) is 12.9 Å². The molecule has 0 fully saturated rings. The second kappa shape index (κ2) is 6.26. The van der Waals surface area contributed by atoms with Crippen molar-refractivity contribution in [3.05, 3.63) is 35.8 Å². The Morgan fingerprint density at radius 3 is 2.85 bits per heavy atom. The summed E-state index contributed by atoms with van der Waals surface area (Å²) >= 11 is 0. The Kier molecular flexibility index (Phi) is 4.65. The largest absolute Gasteiger partial charge is 0.460 e. The van der Waals surface area contributed by atoms with E-state index in [2.05, 4.69) is 12.2 Å². The van der Waals surface area contributed by atoms with Gasteiger partial charge in [-0.25, -0.2) is 13.2 Å². The molecule has 1 aliphatic rings. The number of carbonyl (C=O) groups excluding carboxylic acids is 1. The molecule has 2 rings (SSSR count). The lowest BCUT2D eigenvalue weighted by Gasteiger charge is -2.16. The fourth-order valence-corrected chi connectivity index (χ4v) is 2.77. The van der Waals surface area contributed by atoms with Crippen molar-refractivity contribution < 1.29 is 22.4 Å². The minimum Gasteiger partial charge on any atom is -0.460 e. The third kappa shape index (κ3) is 4.52. The first-order valence-electron chi connectivity index (χ1n) is 6.52. The molecule has 0 N–H and O–H groups in total. The first-order valence-corrected chi connectivity index (χ1v) is 8.58. The predicted octanol–water partition coefficient (Wildman–Crippen LogP) is 2.34. The fraction of sp³-hybridized carbons (Fsp3) is 0.500. The Morgan fingerprint density at radius 2 is 2.20 bits per heavy atom. The number of furan rings is 1. The van der Waals surface area contributed by atoms with Gasteiger partial charge in [-0.05, 0) is 37.3 Å². The Bertz CT molecular complexity index is 597. The molecule has 6 heteroatoms. The van der Waals surface area contributed by atoms with Crippen LogP contribution >= 0.6 is 0 Å². The number of sulfone groups is 1. The van der Waals surface area contributed by atoms with Crippen LogP contribution in [-0.2, 0) is 20.3 Å². The maximum absolute atomic E-state index is 11.8. The number of rotatable bonds is 5. The van der Waals surface area contributed by atoms with E-state index in [4.69, 9.17) is 9.15 Å². The maximum atomic E-state index is 11.8. The Balaban J connectivity index is 1.87. The molecule has 0 bridgehead atoms. The summed E-state index contributed by atoms with van der Waals surface area (Å²) in [5.41, 5.74) is 0. The zero-order valence-electron chi connectivity index (χ0n) is 11.4. The number of hydrogen-bond donors (Lipinski definition) is 0. The Morgan fingerprint density at radius 1 is 1.40 bits per heavy atom. The molecule has 0 aromatic carbocycles. The van der Waals surface area contributed by atoms with Crippen molar-refractivity contribution in [1.82, 2.24) is 0 Å². The number of allylic oxidation sites excluding steroid dienone is 2. The van der Waals surface area contributed by atoms with E-state index in [1.807, 2.05) is 0 Å². The van der Waals surface area contributed by atoms with Crippen LogP contribution in [-0.4, -0.2) is 27.2 Å². The van der Waals surface area contributed by atoms with Gasteiger partial charge in [0.1, 0.15) is 11.5 Å². The van der Waals surface area contributed by atoms with Gasteiger partial charge in [-0.2, -0.15) is 0 Å². The molecular weight excluding hydrogens is 280 g/mol. The molecule has 1 heterocycles. The van der Waals surface area contributed by atoms with Gasteiger partial charge in [0.15, 0.2) is 9.84 Å². The summed E-state index contributed by atoms with van der Waals surface area (Å²) in [6, 6.07) is 2.94. The Labute approximate surface area is 118 Å². The molecule has 0 amide bonds. The summed E-state index contributed by atoms with van der Waals surface area (Å²) in [4.78, 5) is 11.8. The average Bonchev–Trinajstić information content (AvgIpc) is 2.83. The van der Waals surface area contributed by atoms with Gasteiger partial charge in [0.25, 0.3) is 0 Å².